The van der Waals surface area contributed by atoms with Gasteiger partial charge in [0.25, 0.3) is 5.88 Å². The first kappa shape index (κ1) is 12.0. The van der Waals surface area contributed by atoms with E-state index < -0.39 is 0 Å². The lowest BCUT2D eigenvalue weighted by atomic mass is 10.2. The summed E-state index contributed by atoms with van der Waals surface area (Å²) >= 11 is 3.40. The first-order chi connectivity index (χ1) is 9.22. The molecule has 96 valence electrons. The lowest BCUT2D eigenvalue weighted by molar-refractivity contribution is 0.296. The average Bonchev–Trinajstić information content (AvgIpc) is 2.85. The van der Waals surface area contributed by atoms with Crippen LogP contribution < -0.4 is 10.5 Å². The Hall–Kier alpha value is -2.08. The fourth-order valence-corrected chi connectivity index (χ4v) is 2.01. The zero-order chi connectivity index (χ0) is 13.2. The van der Waals surface area contributed by atoms with Crippen LogP contribution in [0.3, 0.4) is 0 Å². The fourth-order valence-electron chi connectivity index (χ4n) is 1.75. The number of anilines is 1. The molecule has 3 rings (SSSR count). The van der Waals surface area contributed by atoms with E-state index in [0.29, 0.717) is 24.0 Å². The third-order valence-electron chi connectivity index (χ3n) is 2.65. The van der Waals surface area contributed by atoms with Gasteiger partial charge in [0.05, 0.1) is 6.20 Å². The topological polar surface area (TPSA) is 65.4 Å². The highest BCUT2D eigenvalue weighted by molar-refractivity contribution is 9.10. The van der Waals surface area contributed by atoms with E-state index in [1.807, 2.05) is 24.3 Å². The molecule has 19 heavy (non-hydrogen) atoms. The Labute approximate surface area is 118 Å². The van der Waals surface area contributed by atoms with E-state index in [4.69, 9.17) is 10.5 Å². The standard InChI is InChI=1S/C13H11BrN4O/c14-10-3-1-9(2-4-10)8-19-13-12-16-5-6-18(12)7-11(15)17-13/h1-7H,8,15H2. The van der Waals surface area contributed by atoms with Gasteiger partial charge in [-0.3, -0.25) is 4.40 Å². The Morgan fingerprint density at radius 2 is 2.05 bits per heavy atom. The highest BCUT2D eigenvalue weighted by atomic mass is 79.9. The minimum absolute atomic E-state index is 0.399. The molecule has 0 aliphatic carbocycles. The van der Waals surface area contributed by atoms with Crippen LogP contribution in [0.2, 0.25) is 0 Å². The number of rotatable bonds is 3. The molecule has 0 amide bonds. The lowest BCUT2D eigenvalue weighted by Crippen LogP contribution is -2.02. The van der Waals surface area contributed by atoms with Gasteiger partial charge in [0, 0.05) is 16.9 Å². The number of aromatic nitrogens is 3. The van der Waals surface area contributed by atoms with Crippen molar-refractivity contribution in [2.24, 2.45) is 0 Å². The van der Waals surface area contributed by atoms with Crippen molar-refractivity contribution in [3.8, 4) is 5.88 Å². The first-order valence-corrected chi connectivity index (χ1v) is 6.48. The van der Waals surface area contributed by atoms with Gasteiger partial charge in [0.15, 0.2) is 0 Å². The van der Waals surface area contributed by atoms with Crippen LogP contribution >= 0.6 is 15.9 Å². The number of hydrogen-bond donors (Lipinski definition) is 1. The molecule has 0 aliphatic rings. The Bertz CT molecular complexity index is 708. The quantitative estimate of drug-likeness (QED) is 0.806. The lowest BCUT2D eigenvalue weighted by Gasteiger charge is -2.07. The van der Waals surface area contributed by atoms with Gasteiger partial charge in [-0.2, -0.15) is 4.98 Å². The largest absolute Gasteiger partial charge is 0.470 e. The van der Waals surface area contributed by atoms with Crippen LogP contribution in [0.4, 0.5) is 5.82 Å². The Morgan fingerprint density at radius 3 is 2.84 bits per heavy atom. The van der Waals surface area contributed by atoms with Crippen LogP contribution in [-0.2, 0) is 6.61 Å². The highest BCUT2D eigenvalue weighted by Gasteiger charge is 2.07. The smallest absolute Gasteiger partial charge is 0.260 e. The molecule has 5 nitrogen and oxygen atoms in total. The predicted molar refractivity (Wildman–Crippen MR) is 75.9 cm³/mol. The number of nitrogens with zero attached hydrogens (tertiary/aromatic N) is 3. The van der Waals surface area contributed by atoms with Crippen molar-refractivity contribution in [3.05, 3.63) is 52.9 Å². The number of ether oxygens (including phenoxy) is 1. The van der Waals surface area contributed by atoms with E-state index in [1.54, 1.807) is 23.0 Å². The van der Waals surface area contributed by atoms with Crippen molar-refractivity contribution < 1.29 is 4.74 Å². The van der Waals surface area contributed by atoms with Gasteiger partial charge in [-0.1, -0.05) is 28.1 Å². The van der Waals surface area contributed by atoms with Gasteiger partial charge in [-0.25, -0.2) is 4.98 Å². The number of halogens is 1. The van der Waals surface area contributed by atoms with Gasteiger partial charge in [-0.05, 0) is 17.7 Å². The molecule has 0 saturated carbocycles. The zero-order valence-corrected chi connectivity index (χ0v) is 11.5. The molecule has 0 saturated heterocycles. The second-order valence-corrected chi connectivity index (χ2v) is 4.96. The molecule has 3 aromatic rings. The summed E-state index contributed by atoms with van der Waals surface area (Å²) < 4.78 is 8.52. The third-order valence-corrected chi connectivity index (χ3v) is 3.18. The second-order valence-electron chi connectivity index (χ2n) is 4.04. The van der Waals surface area contributed by atoms with Crippen LogP contribution in [0.5, 0.6) is 5.88 Å². The van der Waals surface area contributed by atoms with Crippen LogP contribution in [-0.4, -0.2) is 14.4 Å². The summed E-state index contributed by atoms with van der Waals surface area (Å²) in [4.78, 5) is 8.37. The van der Waals surface area contributed by atoms with E-state index in [0.717, 1.165) is 10.0 Å². The Kier molecular flexibility index (Phi) is 3.08. The van der Waals surface area contributed by atoms with Gasteiger partial charge >= 0.3 is 0 Å². The van der Waals surface area contributed by atoms with Gasteiger partial charge < -0.3 is 10.5 Å². The Balaban J connectivity index is 1.85. The molecule has 0 spiro atoms. The Morgan fingerprint density at radius 1 is 1.26 bits per heavy atom. The van der Waals surface area contributed by atoms with E-state index in [-0.39, 0.29) is 0 Å². The summed E-state index contributed by atoms with van der Waals surface area (Å²) in [6.45, 7) is 0.423. The summed E-state index contributed by atoms with van der Waals surface area (Å²) in [6, 6.07) is 7.91. The minimum Gasteiger partial charge on any atom is -0.470 e. The van der Waals surface area contributed by atoms with Gasteiger partial charge in [-0.15, -0.1) is 0 Å². The summed E-state index contributed by atoms with van der Waals surface area (Å²) in [7, 11) is 0. The predicted octanol–water partition coefficient (Wildman–Crippen LogP) is 2.65. The maximum Gasteiger partial charge on any atom is 0.260 e. The summed E-state index contributed by atoms with van der Waals surface area (Å²) in [5, 5.41) is 0. The molecule has 0 unspecified atom stereocenters. The summed E-state index contributed by atoms with van der Waals surface area (Å²) in [5.74, 6) is 0.837. The summed E-state index contributed by atoms with van der Waals surface area (Å²) in [5.41, 5.74) is 7.44. The van der Waals surface area contributed by atoms with E-state index in [2.05, 4.69) is 25.9 Å². The van der Waals surface area contributed by atoms with Crippen molar-refractivity contribution >= 4 is 27.4 Å². The molecule has 0 aliphatic heterocycles. The maximum atomic E-state index is 5.73. The number of hydrogen-bond acceptors (Lipinski definition) is 4. The van der Waals surface area contributed by atoms with Crippen molar-refractivity contribution in [2.75, 3.05) is 5.73 Å². The van der Waals surface area contributed by atoms with Gasteiger partial charge in [0.2, 0.25) is 5.65 Å². The van der Waals surface area contributed by atoms with E-state index in [1.165, 1.54) is 0 Å². The molecule has 6 heteroatoms. The zero-order valence-electron chi connectivity index (χ0n) is 9.95. The number of nitrogens with two attached hydrogens (primary N) is 1. The average molecular weight is 319 g/mol. The van der Waals surface area contributed by atoms with Crippen molar-refractivity contribution in [1.82, 2.24) is 14.4 Å². The first-order valence-electron chi connectivity index (χ1n) is 5.69. The second kappa shape index (κ2) is 4.89. The number of benzene rings is 1. The third kappa shape index (κ3) is 2.53. The molecule has 0 fully saturated rings. The molecular weight excluding hydrogens is 308 g/mol. The molecule has 0 bridgehead atoms. The van der Waals surface area contributed by atoms with Crippen LogP contribution in [0.25, 0.3) is 5.65 Å². The van der Waals surface area contributed by atoms with E-state index >= 15 is 0 Å². The monoisotopic (exact) mass is 318 g/mol. The molecule has 2 N–H and O–H groups in total. The summed E-state index contributed by atoms with van der Waals surface area (Å²) in [6.07, 6.45) is 5.19. The normalized spacial score (nSPS) is 10.8. The van der Waals surface area contributed by atoms with Crippen LogP contribution in [0.15, 0.2) is 47.3 Å². The molecule has 2 aromatic heterocycles. The van der Waals surface area contributed by atoms with Crippen molar-refractivity contribution in [2.45, 2.75) is 6.61 Å². The fraction of sp³-hybridized carbons (Fsp3) is 0.0769. The van der Waals surface area contributed by atoms with Crippen molar-refractivity contribution in [3.63, 3.8) is 0 Å². The van der Waals surface area contributed by atoms with Crippen LogP contribution in [0.1, 0.15) is 5.56 Å². The SMILES string of the molecule is Nc1cn2ccnc2c(OCc2ccc(Br)cc2)n1. The molecule has 2 heterocycles. The van der Waals surface area contributed by atoms with E-state index in [9.17, 15) is 0 Å². The number of imidazole rings is 1. The number of fused-ring (bicyclic) bond motifs is 1. The maximum absolute atomic E-state index is 5.73. The number of nitrogen functional groups attached to an aromatic ring is 1. The molecule has 0 radical (unpaired) electrons. The van der Waals surface area contributed by atoms with Crippen molar-refractivity contribution in [1.29, 1.82) is 0 Å². The molecular formula is C13H11BrN4O. The molecule has 1 aromatic carbocycles. The van der Waals surface area contributed by atoms with Gasteiger partial charge in [0.1, 0.15) is 12.4 Å². The van der Waals surface area contributed by atoms with Crippen LogP contribution in [0, 0.1) is 0 Å². The highest BCUT2D eigenvalue weighted by Crippen LogP contribution is 2.19. The minimum atomic E-state index is 0.399. The molecule has 0 atom stereocenters.